The first-order valence-electron chi connectivity index (χ1n) is 7.35. The summed E-state index contributed by atoms with van der Waals surface area (Å²) in [5.41, 5.74) is 2.98. The molecule has 0 amide bonds. The van der Waals surface area contributed by atoms with Gasteiger partial charge in [-0.25, -0.2) is 0 Å². The Hall–Kier alpha value is -3.28. The molecule has 24 heavy (non-hydrogen) atoms. The van der Waals surface area contributed by atoms with Gasteiger partial charge in [0.2, 0.25) is 23.2 Å². The minimum absolute atomic E-state index is 0.140. The zero-order chi connectivity index (χ0) is 17.1. The monoisotopic (exact) mass is 318 g/mol. The van der Waals surface area contributed by atoms with E-state index in [0.29, 0.717) is 11.1 Å². The molecule has 118 valence electrons. The topological polar surface area (TPSA) is 85.7 Å². The number of rotatable bonds is 4. The Morgan fingerprint density at radius 2 is 0.875 bits per heavy atom. The van der Waals surface area contributed by atoms with E-state index >= 15 is 0 Å². The van der Waals surface area contributed by atoms with E-state index in [9.17, 15) is 9.59 Å². The molecule has 3 rings (SSSR count). The molecular weight excluding hydrogens is 304 g/mol. The van der Waals surface area contributed by atoms with Crippen molar-refractivity contribution in [2.45, 2.75) is 13.8 Å². The van der Waals surface area contributed by atoms with Crippen molar-refractivity contribution in [1.29, 1.82) is 0 Å². The maximum absolute atomic E-state index is 12.3. The van der Waals surface area contributed by atoms with Crippen molar-refractivity contribution in [1.82, 2.24) is 20.4 Å². The van der Waals surface area contributed by atoms with Gasteiger partial charge in [-0.05, 0) is 13.8 Å². The van der Waals surface area contributed by atoms with Crippen molar-refractivity contribution in [3.63, 3.8) is 0 Å². The Morgan fingerprint density at radius 1 is 0.583 bits per heavy atom. The number of benzene rings is 2. The highest BCUT2D eigenvalue weighted by Gasteiger charge is 2.17. The Labute approximate surface area is 138 Å². The fourth-order valence-electron chi connectivity index (χ4n) is 2.08. The summed E-state index contributed by atoms with van der Waals surface area (Å²) in [5.74, 6) is -1.05. The number of aryl methyl sites for hydroxylation is 2. The average Bonchev–Trinajstić information content (AvgIpc) is 2.62. The van der Waals surface area contributed by atoms with Crippen LogP contribution in [0.15, 0.2) is 48.5 Å². The molecule has 0 radical (unpaired) electrons. The minimum Gasteiger partial charge on any atom is -0.285 e. The molecule has 0 spiro atoms. The van der Waals surface area contributed by atoms with Gasteiger partial charge in [0.05, 0.1) is 0 Å². The summed E-state index contributed by atoms with van der Waals surface area (Å²) in [6.07, 6.45) is 0. The highest BCUT2D eigenvalue weighted by atomic mass is 16.1. The average molecular weight is 318 g/mol. The third-order valence-electron chi connectivity index (χ3n) is 3.51. The molecule has 0 N–H and O–H groups in total. The Kier molecular flexibility index (Phi) is 4.20. The van der Waals surface area contributed by atoms with Crippen LogP contribution in [-0.2, 0) is 0 Å². The second-order valence-corrected chi connectivity index (χ2v) is 5.44. The number of ketones is 2. The molecule has 0 saturated carbocycles. The Morgan fingerprint density at radius 3 is 1.17 bits per heavy atom. The third-order valence-corrected chi connectivity index (χ3v) is 3.51. The van der Waals surface area contributed by atoms with E-state index < -0.39 is 0 Å². The lowest BCUT2D eigenvalue weighted by Crippen LogP contribution is -2.15. The van der Waals surface area contributed by atoms with Gasteiger partial charge in [-0.15, -0.1) is 20.4 Å². The van der Waals surface area contributed by atoms with Gasteiger partial charge < -0.3 is 0 Å². The molecule has 0 aliphatic rings. The van der Waals surface area contributed by atoms with Gasteiger partial charge in [-0.1, -0.05) is 59.7 Å². The molecule has 0 saturated heterocycles. The zero-order valence-electron chi connectivity index (χ0n) is 13.2. The fourth-order valence-corrected chi connectivity index (χ4v) is 2.08. The van der Waals surface area contributed by atoms with E-state index in [4.69, 9.17) is 0 Å². The molecule has 2 aromatic carbocycles. The van der Waals surface area contributed by atoms with Crippen LogP contribution >= 0.6 is 0 Å². The summed E-state index contributed by atoms with van der Waals surface area (Å²) in [5, 5.41) is 15.0. The second kappa shape index (κ2) is 6.45. The van der Waals surface area contributed by atoms with Crippen LogP contribution in [-0.4, -0.2) is 32.0 Å². The van der Waals surface area contributed by atoms with Crippen molar-refractivity contribution >= 4 is 11.6 Å². The normalized spacial score (nSPS) is 10.4. The lowest BCUT2D eigenvalue weighted by Gasteiger charge is -2.01. The van der Waals surface area contributed by atoms with Crippen molar-refractivity contribution in [3.8, 4) is 0 Å². The van der Waals surface area contributed by atoms with E-state index in [1.165, 1.54) is 0 Å². The SMILES string of the molecule is Cc1ccc(C(=O)c2nnc(C(=O)c3ccc(C)cc3)nn2)cc1. The lowest BCUT2D eigenvalue weighted by molar-refractivity contribution is 0.100. The molecule has 6 nitrogen and oxygen atoms in total. The number of hydrogen-bond acceptors (Lipinski definition) is 6. The summed E-state index contributed by atoms with van der Waals surface area (Å²) in [7, 11) is 0. The standard InChI is InChI=1S/C18H14N4O2/c1-11-3-7-13(8-4-11)15(23)17-19-21-18(22-20-17)16(24)14-9-5-12(2)6-10-14/h3-10H,1-2H3. The van der Waals surface area contributed by atoms with Crippen LogP contribution in [0.2, 0.25) is 0 Å². The third kappa shape index (κ3) is 3.22. The number of carbonyl (C=O) groups is 2. The maximum atomic E-state index is 12.3. The van der Waals surface area contributed by atoms with Crippen LogP contribution in [0.1, 0.15) is 43.5 Å². The van der Waals surface area contributed by atoms with Crippen LogP contribution in [0, 0.1) is 13.8 Å². The van der Waals surface area contributed by atoms with Gasteiger partial charge in [0.15, 0.2) is 0 Å². The first-order chi connectivity index (χ1) is 11.5. The lowest BCUT2D eigenvalue weighted by atomic mass is 10.1. The first kappa shape index (κ1) is 15.6. The summed E-state index contributed by atoms with van der Waals surface area (Å²) < 4.78 is 0. The van der Waals surface area contributed by atoms with Crippen molar-refractivity contribution < 1.29 is 9.59 Å². The quantitative estimate of drug-likeness (QED) is 0.686. The highest BCUT2D eigenvalue weighted by Crippen LogP contribution is 2.09. The molecule has 0 unspecified atom stereocenters. The fraction of sp³-hybridized carbons (Fsp3) is 0.111. The van der Waals surface area contributed by atoms with Crippen molar-refractivity contribution in [3.05, 3.63) is 82.4 Å². The van der Waals surface area contributed by atoms with E-state index in [-0.39, 0.29) is 23.2 Å². The highest BCUT2D eigenvalue weighted by molar-refractivity contribution is 6.07. The largest absolute Gasteiger partial charge is 0.285 e. The number of aromatic nitrogens is 4. The molecule has 0 aliphatic heterocycles. The molecular formula is C18H14N4O2. The van der Waals surface area contributed by atoms with Gasteiger partial charge in [0.1, 0.15) is 0 Å². The summed E-state index contributed by atoms with van der Waals surface area (Å²) in [4.78, 5) is 24.5. The van der Waals surface area contributed by atoms with Gasteiger partial charge in [0, 0.05) is 11.1 Å². The van der Waals surface area contributed by atoms with Gasteiger partial charge in [-0.2, -0.15) is 0 Å². The number of hydrogen-bond donors (Lipinski definition) is 0. The van der Waals surface area contributed by atoms with Crippen LogP contribution in [0.4, 0.5) is 0 Å². The smallest absolute Gasteiger partial charge is 0.244 e. The van der Waals surface area contributed by atoms with E-state index in [1.807, 2.05) is 38.1 Å². The summed E-state index contributed by atoms with van der Waals surface area (Å²) >= 11 is 0. The van der Waals surface area contributed by atoms with Crippen LogP contribution in [0.5, 0.6) is 0 Å². The van der Waals surface area contributed by atoms with Crippen molar-refractivity contribution in [2.24, 2.45) is 0 Å². The predicted molar refractivity (Wildman–Crippen MR) is 86.8 cm³/mol. The van der Waals surface area contributed by atoms with E-state index in [0.717, 1.165) is 11.1 Å². The molecule has 1 aromatic heterocycles. The van der Waals surface area contributed by atoms with Crippen LogP contribution < -0.4 is 0 Å². The van der Waals surface area contributed by atoms with Crippen molar-refractivity contribution in [2.75, 3.05) is 0 Å². The molecule has 3 aromatic rings. The molecule has 0 atom stereocenters. The Balaban J connectivity index is 1.82. The van der Waals surface area contributed by atoms with Crippen LogP contribution in [0.3, 0.4) is 0 Å². The molecule has 0 aliphatic carbocycles. The zero-order valence-corrected chi connectivity index (χ0v) is 13.2. The van der Waals surface area contributed by atoms with E-state index in [1.54, 1.807) is 24.3 Å². The summed E-state index contributed by atoms with van der Waals surface area (Å²) in [6, 6.07) is 14.0. The number of carbonyl (C=O) groups excluding carboxylic acids is 2. The number of nitrogens with zero attached hydrogens (tertiary/aromatic N) is 4. The molecule has 0 bridgehead atoms. The van der Waals surface area contributed by atoms with Gasteiger partial charge >= 0.3 is 0 Å². The molecule has 1 heterocycles. The molecule has 0 fully saturated rings. The Bertz CT molecular complexity index is 809. The maximum Gasteiger partial charge on any atom is 0.244 e. The van der Waals surface area contributed by atoms with Gasteiger partial charge in [-0.3, -0.25) is 9.59 Å². The first-order valence-corrected chi connectivity index (χ1v) is 7.35. The van der Waals surface area contributed by atoms with Gasteiger partial charge in [0.25, 0.3) is 0 Å². The summed E-state index contributed by atoms with van der Waals surface area (Å²) in [6.45, 7) is 3.86. The predicted octanol–water partition coefficient (Wildman–Crippen LogP) is 2.35. The second-order valence-electron chi connectivity index (χ2n) is 5.44. The van der Waals surface area contributed by atoms with Crippen LogP contribution in [0.25, 0.3) is 0 Å². The van der Waals surface area contributed by atoms with E-state index in [2.05, 4.69) is 20.4 Å². The minimum atomic E-state index is -0.385. The molecule has 6 heteroatoms.